The van der Waals surface area contributed by atoms with E-state index in [4.69, 9.17) is 0 Å². The van der Waals surface area contributed by atoms with Crippen LogP contribution in [-0.2, 0) is 0 Å². The lowest BCUT2D eigenvalue weighted by Gasteiger charge is -2.12. The van der Waals surface area contributed by atoms with Crippen molar-refractivity contribution in [1.29, 1.82) is 0 Å². The first-order valence-electron chi connectivity index (χ1n) is 5.84. The van der Waals surface area contributed by atoms with Gasteiger partial charge in [-0.15, -0.1) is 0 Å². The number of halogens is 1. The summed E-state index contributed by atoms with van der Waals surface area (Å²) in [5.74, 6) is 0.123. The zero-order valence-corrected chi connectivity index (χ0v) is 12.0. The SMILES string of the molecule is O=NC1C=C(O)C=C(/C=C/C2=CC=C(I)CC2)C1. The Morgan fingerprint density at radius 1 is 1.28 bits per heavy atom. The molecule has 0 aromatic carbocycles. The summed E-state index contributed by atoms with van der Waals surface area (Å²) in [6.45, 7) is 0. The van der Waals surface area contributed by atoms with Gasteiger partial charge >= 0.3 is 0 Å². The standard InChI is InChI=1S/C14H14INO2/c15-12-5-3-10(4-6-12)1-2-11-7-13(16-18)9-14(17)8-11/h1-3,5,8-9,13,17H,4,6-7H2/b2-1+. The first-order chi connectivity index (χ1) is 8.67. The minimum absolute atomic E-state index is 0.123. The molecule has 2 aliphatic carbocycles. The number of hydrogen-bond donors (Lipinski definition) is 1. The van der Waals surface area contributed by atoms with Crippen LogP contribution in [0.25, 0.3) is 0 Å². The topological polar surface area (TPSA) is 49.7 Å². The van der Waals surface area contributed by atoms with Gasteiger partial charge in [0.25, 0.3) is 0 Å². The lowest BCUT2D eigenvalue weighted by molar-refractivity contribution is 0.422. The molecule has 0 aliphatic heterocycles. The van der Waals surface area contributed by atoms with Gasteiger partial charge in [-0.05, 0) is 62.3 Å². The molecule has 0 heterocycles. The monoisotopic (exact) mass is 355 g/mol. The highest BCUT2D eigenvalue weighted by molar-refractivity contribution is 14.1. The zero-order valence-electron chi connectivity index (χ0n) is 9.84. The van der Waals surface area contributed by atoms with Crippen molar-refractivity contribution in [3.05, 3.63) is 61.8 Å². The van der Waals surface area contributed by atoms with Crippen LogP contribution in [0, 0.1) is 4.91 Å². The van der Waals surface area contributed by atoms with Crippen molar-refractivity contribution in [3.63, 3.8) is 0 Å². The van der Waals surface area contributed by atoms with Crippen molar-refractivity contribution in [2.75, 3.05) is 0 Å². The molecule has 0 spiro atoms. The van der Waals surface area contributed by atoms with Gasteiger partial charge in [-0.3, -0.25) is 0 Å². The Morgan fingerprint density at radius 3 is 2.72 bits per heavy atom. The van der Waals surface area contributed by atoms with E-state index in [1.54, 1.807) is 6.08 Å². The van der Waals surface area contributed by atoms with Gasteiger partial charge in [0.2, 0.25) is 0 Å². The summed E-state index contributed by atoms with van der Waals surface area (Å²) < 4.78 is 1.37. The molecule has 0 aromatic heterocycles. The largest absolute Gasteiger partial charge is 0.508 e. The van der Waals surface area contributed by atoms with E-state index in [1.165, 1.54) is 15.2 Å². The van der Waals surface area contributed by atoms with Crippen LogP contribution in [0.5, 0.6) is 0 Å². The van der Waals surface area contributed by atoms with Crippen LogP contribution in [0.15, 0.2) is 62.1 Å². The summed E-state index contributed by atoms with van der Waals surface area (Å²) in [6.07, 6.45) is 14.1. The van der Waals surface area contributed by atoms with E-state index >= 15 is 0 Å². The van der Waals surface area contributed by atoms with Crippen molar-refractivity contribution in [2.24, 2.45) is 5.18 Å². The molecule has 2 rings (SSSR count). The van der Waals surface area contributed by atoms with E-state index in [2.05, 4.69) is 39.9 Å². The second-order valence-electron chi connectivity index (χ2n) is 4.38. The summed E-state index contributed by atoms with van der Waals surface area (Å²) in [6, 6.07) is -0.448. The fourth-order valence-corrected chi connectivity index (χ4v) is 2.41. The second kappa shape index (κ2) is 6.13. The van der Waals surface area contributed by atoms with E-state index in [-0.39, 0.29) is 5.76 Å². The highest BCUT2D eigenvalue weighted by Gasteiger charge is 2.13. The highest BCUT2D eigenvalue weighted by atomic mass is 127. The Kier molecular flexibility index (Phi) is 4.52. The fraction of sp³-hybridized carbons (Fsp3) is 0.286. The quantitative estimate of drug-likeness (QED) is 0.599. The molecule has 0 saturated heterocycles. The van der Waals surface area contributed by atoms with E-state index < -0.39 is 6.04 Å². The third-order valence-electron chi connectivity index (χ3n) is 2.92. The molecular formula is C14H14INO2. The Balaban J connectivity index is 2.06. The third kappa shape index (κ3) is 3.66. The molecule has 1 unspecified atom stereocenters. The molecule has 0 radical (unpaired) electrons. The molecule has 94 valence electrons. The number of rotatable bonds is 3. The maximum absolute atomic E-state index is 10.5. The Morgan fingerprint density at radius 2 is 2.06 bits per heavy atom. The molecule has 0 saturated carbocycles. The van der Waals surface area contributed by atoms with Crippen molar-refractivity contribution in [1.82, 2.24) is 0 Å². The molecule has 0 bridgehead atoms. The summed E-state index contributed by atoms with van der Waals surface area (Å²) in [5, 5.41) is 12.4. The molecule has 18 heavy (non-hydrogen) atoms. The molecule has 0 aromatic rings. The molecule has 1 N–H and O–H groups in total. The van der Waals surface area contributed by atoms with Crippen molar-refractivity contribution < 1.29 is 5.11 Å². The van der Waals surface area contributed by atoms with Crippen LogP contribution < -0.4 is 0 Å². The predicted octanol–water partition coefficient (Wildman–Crippen LogP) is 4.49. The summed E-state index contributed by atoms with van der Waals surface area (Å²) in [5.41, 5.74) is 2.20. The van der Waals surface area contributed by atoms with Gasteiger partial charge in [0.15, 0.2) is 0 Å². The van der Waals surface area contributed by atoms with E-state index in [9.17, 15) is 10.0 Å². The number of aliphatic hydroxyl groups excluding tert-OH is 1. The van der Waals surface area contributed by atoms with Gasteiger partial charge in [0.05, 0.1) is 0 Å². The average molecular weight is 355 g/mol. The van der Waals surface area contributed by atoms with Gasteiger partial charge in [0, 0.05) is 6.42 Å². The molecule has 1 atom stereocenters. The first-order valence-corrected chi connectivity index (χ1v) is 6.92. The zero-order chi connectivity index (χ0) is 13.0. The molecule has 2 aliphatic rings. The van der Waals surface area contributed by atoms with E-state index in [0.29, 0.717) is 6.42 Å². The van der Waals surface area contributed by atoms with Crippen LogP contribution in [0.1, 0.15) is 19.3 Å². The molecule has 0 fully saturated rings. The van der Waals surface area contributed by atoms with Gasteiger partial charge < -0.3 is 5.11 Å². The maximum Gasteiger partial charge on any atom is 0.118 e. The summed E-state index contributed by atoms with van der Waals surface area (Å²) in [7, 11) is 0. The number of hydrogen-bond acceptors (Lipinski definition) is 3. The summed E-state index contributed by atoms with van der Waals surface area (Å²) >= 11 is 2.34. The average Bonchev–Trinajstić information content (AvgIpc) is 2.37. The Hall–Kier alpha value is -1.17. The minimum atomic E-state index is -0.448. The Bertz CT molecular complexity index is 498. The Labute approximate surface area is 120 Å². The lowest BCUT2D eigenvalue weighted by atomic mass is 9.97. The van der Waals surface area contributed by atoms with Crippen LogP contribution in [0.2, 0.25) is 0 Å². The van der Waals surface area contributed by atoms with Crippen LogP contribution >= 0.6 is 22.6 Å². The normalized spacial score (nSPS) is 24.2. The van der Waals surface area contributed by atoms with Crippen LogP contribution in [0.4, 0.5) is 0 Å². The second-order valence-corrected chi connectivity index (χ2v) is 5.76. The van der Waals surface area contributed by atoms with E-state index in [1.807, 2.05) is 12.2 Å². The predicted molar refractivity (Wildman–Crippen MR) is 81.6 cm³/mol. The number of aliphatic hydroxyl groups is 1. The van der Waals surface area contributed by atoms with Crippen molar-refractivity contribution >= 4 is 22.6 Å². The van der Waals surface area contributed by atoms with Gasteiger partial charge in [-0.2, -0.15) is 4.91 Å². The molecule has 3 nitrogen and oxygen atoms in total. The number of nitroso groups, excluding NO2 is 1. The highest BCUT2D eigenvalue weighted by Crippen LogP contribution is 2.25. The maximum atomic E-state index is 10.5. The van der Waals surface area contributed by atoms with E-state index in [0.717, 1.165) is 18.4 Å². The van der Waals surface area contributed by atoms with Crippen LogP contribution in [0.3, 0.4) is 0 Å². The van der Waals surface area contributed by atoms with Crippen LogP contribution in [-0.4, -0.2) is 11.1 Å². The number of allylic oxidation sites excluding steroid dienone is 7. The van der Waals surface area contributed by atoms with Gasteiger partial charge in [-0.25, -0.2) is 0 Å². The summed E-state index contributed by atoms with van der Waals surface area (Å²) in [4.78, 5) is 10.5. The molecule has 0 amide bonds. The third-order valence-corrected chi connectivity index (χ3v) is 3.82. The van der Waals surface area contributed by atoms with Crippen molar-refractivity contribution in [2.45, 2.75) is 25.3 Å². The lowest BCUT2D eigenvalue weighted by Crippen LogP contribution is -2.06. The smallest absolute Gasteiger partial charge is 0.118 e. The first kappa shape index (κ1) is 13.3. The molecular weight excluding hydrogens is 341 g/mol. The molecule has 4 heteroatoms. The number of nitrogens with zero attached hydrogens (tertiary/aromatic N) is 1. The fourth-order valence-electron chi connectivity index (χ4n) is 1.96. The van der Waals surface area contributed by atoms with Crippen molar-refractivity contribution in [3.8, 4) is 0 Å². The minimum Gasteiger partial charge on any atom is -0.508 e. The van der Waals surface area contributed by atoms with Gasteiger partial charge in [0.1, 0.15) is 11.8 Å². The van der Waals surface area contributed by atoms with Gasteiger partial charge in [-0.1, -0.05) is 29.5 Å².